The monoisotopic (exact) mass is 277 g/mol. The summed E-state index contributed by atoms with van der Waals surface area (Å²) in [4.78, 5) is 23.1. The van der Waals surface area contributed by atoms with Crippen LogP contribution in [-0.4, -0.2) is 23.0 Å². The number of carboxylic acid groups (broad SMARTS) is 1. The largest absolute Gasteiger partial charge is 0.480 e. The van der Waals surface area contributed by atoms with E-state index >= 15 is 0 Å². The Hall–Kier alpha value is -1.84. The van der Waals surface area contributed by atoms with Crippen molar-refractivity contribution in [3.05, 3.63) is 34.9 Å². The SMILES string of the molecule is Cc1ccc(C)c(CC(=O)N[C@@H](CC(C)C)C(=O)O)c1. The molecule has 0 spiro atoms. The second kappa shape index (κ2) is 7.08. The standard InChI is InChI=1S/C16H23NO3/c1-10(2)7-14(16(19)20)17-15(18)9-13-8-11(3)5-6-12(13)4/h5-6,8,10,14H,7,9H2,1-4H3,(H,17,18)(H,19,20)/t14-/m0/s1. The Labute approximate surface area is 120 Å². The van der Waals surface area contributed by atoms with E-state index in [4.69, 9.17) is 5.11 Å². The van der Waals surface area contributed by atoms with Gasteiger partial charge in [0.15, 0.2) is 0 Å². The molecule has 20 heavy (non-hydrogen) atoms. The number of benzene rings is 1. The molecular weight excluding hydrogens is 254 g/mol. The lowest BCUT2D eigenvalue weighted by Crippen LogP contribution is -2.42. The molecule has 0 aliphatic carbocycles. The van der Waals surface area contributed by atoms with Gasteiger partial charge in [0.25, 0.3) is 0 Å². The number of hydrogen-bond donors (Lipinski definition) is 2. The first-order chi connectivity index (χ1) is 9.29. The fourth-order valence-electron chi connectivity index (χ4n) is 2.10. The van der Waals surface area contributed by atoms with E-state index < -0.39 is 12.0 Å². The van der Waals surface area contributed by atoms with Gasteiger partial charge in [-0.05, 0) is 37.3 Å². The maximum absolute atomic E-state index is 12.0. The molecular formula is C16H23NO3. The van der Waals surface area contributed by atoms with Crippen LogP contribution in [0.5, 0.6) is 0 Å². The molecule has 2 N–H and O–H groups in total. The molecule has 1 rings (SSSR count). The lowest BCUT2D eigenvalue weighted by molar-refractivity contribution is -0.142. The van der Waals surface area contributed by atoms with Crippen molar-refractivity contribution in [2.24, 2.45) is 5.92 Å². The minimum atomic E-state index is -0.979. The molecule has 4 heteroatoms. The highest BCUT2D eigenvalue weighted by Gasteiger charge is 2.21. The van der Waals surface area contributed by atoms with Gasteiger partial charge in [0, 0.05) is 0 Å². The molecule has 4 nitrogen and oxygen atoms in total. The second-order valence-electron chi connectivity index (χ2n) is 5.69. The van der Waals surface area contributed by atoms with Gasteiger partial charge in [0.2, 0.25) is 5.91 Å². The number of rotatable bonds is 6. The predicted molar refractivity (Wildman–Crippen MR) is 78.6 cm³/mol. The van der Waals surface area contributed by atoms with Crippen LogP contribution in [0.3, 0.4) is 0 Å². The van der Waals surface area contributed by atoms with Crippen molar-refractivity contribution in [3.8, 4) is 0 Å². The summed E-state index contributed by atoms with van der Waals surface area (Å²) in [5, 5.41) is 11.7. The molecule has 1 aromatic rings. The average Bonchev–Trinajstić information content (AvgIpc) is 2.32. The van der Waals surface area contributed by atoms with E-state index in [-0.39, 0.29) is 18.2 Å². The van der Waals surface area contributed by atoms with E-state index in [0.717, 1.165) is 16.7 Å². The Morgan fingerprint density at radius 1 is 1.25 bits per heavy atom. The third kappa shape index (κ3) is 5.03. The summed E-state index contributed by atoms with van der Waals surface area (Å²) in [7, 11) is 0. The zero-order chi connectivity index (χ0) is 15.3. The first-order valence-electron chi connectivity index (χ1n) is 6.88. The third-order valence-electron chi connectivity index (χ3n) is 3.20. The molecule has 0 bridgehead atoms. The van der Waals surface area contributed by atoms with Crippen molar-refractivity contribution in [2.75, 3.05) is 0 Å². The molecule has 1 amide bonds. The highest BCUT2D eigenvalue weighted by molar-refractivity contribution is 5.85. The van der Waals surface area contributed by atoms with Crippen LogP contribution in [0.2, 0.25) is 0 Å². The Morgan fingerprint density at radius 2 is 1.90 bits per heavy atom. The third-order valence-corrected chi connectivity index (χ3v) is 3.20. The topological polar surface area (TPSA) is 66.4 Å². The number of aliphatic carboxylic acids is 1. The van der Waals surface area contributed by atoms with Crippen LogP contribution in [0.15, 0.2) is 18.2 Å². The molecule has 1 aromatic carbocycles. The molecule has 0 aromatic heterocycles. The maximum atomic E-state index is 12.0. The number of amides is 1. The average molecular weight is 277 g/mol. The van der Waals surface area contributed by atoms with Crippen molar-refractivity contribution < 1.29 is 14.7 Å². The molecule has 0 aliphatic rings. The first-order valence-corrected chi connectivity index (χ1v) is 6.88. The van der Waals surface area contributed by atoms with E-state index in [1.54, 1.807) is 0 Å². The lowest BCUT2D eigenvalue weighted by Gasteiger charge is -2.17. The molecule has 0 saturated carbocycles. The Morgan fingerprint density at radius 3 is 2.45 bits per heavy atom. The fraction of sp³-hybridized carbons (Fsp3) is 0.500. The second-order valence-corrected chi connectivity index (χ2v) is 5.69. The maximum Gasteiger partial charge on any atom is 0.326 e. The van der Waals surface area contributed by atoms with Crippen LogP contribution in [0, 0.1) is 19.8 Å². The van der Waals surface area contributed by atoms with Gasteiger partial charge < -0.3 is 10.4 Å². The van der Waals surface area contributed by atoms with Gasteiger partial charge in [-0.15, -0.1) is 0 Å². The van der Waals surface area contributed by atoms with Crippen molar-refractivity contribution in [1.82, 2.24) is 5.32 Å². The van der Waals surface area contributed by atoms with Gasteiger partial charge in [-0.1, -0.05) is 37.6 Å². The molecule has 1 atom stereocenters. The molecule has 0 saturated heterocycles. The quantitative estimate of drug-likeness (QED) is 0.839. The Kier molecular flexibility index (Phi) is 5.74. The van der Waals surface area contributed by atoms with Crippen molar-refractivity contribution in [1.29, 1.82) is 0 Å². The zero-order valence-electron chi connectivity index (χ0n) is 12.6. The summed E-state index contributed by atoms with van der Waals surface area (Å²) in [6.45, 7) is 7.80. The highest BCUT2D eigenvalue weighted by atomic mass is 16.4. The van der Waals surface area contributed by atoms with Gasteiger partial charge >= 0.3 is 5.97 Å². The lowest BCUT2D eigenvalue weighted by atomic mass is 10.0. The van der Waals surface area contributed by atoms with Crippen molar-refractivity contribution in [3.63, 3.8) is 0 Å². The molecule has 0 aliphatic heterocycles. The van der Waals surface area contributed by atoms with Crippen LogP contribution in [-0.2, 0) is 16.0 Å². The van der Waals surface area contributed by atoms with Crippen LogP contribution in [0.1, 0.15) is 37.0 Å². The number of carbonyl (C=O) groups excluding carboxylic acids is 1. The van der Waals surface area contributed by atoms with Crippen LogP contribution in [0.4, 0.5) is 0 Å². The minimum absolute atomic E-state index is 0.218. The van der Waals surface area contributed by atoms with Crippen LogP contribution < -0.4 is 5.32 Å². The summed E-state index contributed by atoms with van der Waals surface area (Å²) < 4.78 is 0. The van der Waals surface area contributed by atoms with E-state index in [9.17, 15) is 9.59 Å². The Balaban J connectivity index is 2.70. The predicted octanol–water partition coefficient (Wildman–Crippen LogP) is 2.46. The van der Waals surface area contributed by atoms with Crippen molar-refractivity contribution in [2.45, 2.75) is 46.6 Å². The number of nitrogens with one attached hydrogen (secondary N) is 1. The summed E-state index contributed by atoms with van der Waals surface area (Å²) in [6, 6.07) is 5.12. The van der Waals surface area contributed by atoms with Crippen LogP contribution >= 0.6 is 0 Å². The first kappa shape index (κ1) is 16.2. The van der Waals surface area contributed by atoms with Crippen molar-refractivity contribution >= 4 is 11.9 Å². The van der Waals surface area contributed by atoms with E-state index in [2.05, 4.69) is 5.32 Å². The molecule has 110 valence electrons. The minimum Gasteiger partial charge on any atom is -0.480 e. The molecule has 0 fully saturated rings. The van der Waals surface area contributed by atoms with E-state index in [0.29, 0.717) is 6.42 Å². The number of aryl methyl sites for hydroxylation is 2. The van der Waals surface area contributed by atoms with Gasteiger partial charge in [-0.2, -0.15) is 0 Å². The summed E-state index contributed by atoms with van der Waals surface area (Å²) in [6.07, 6.45) is 0.656. The summed E-state index contributed by atoms with van der Waals surface area (Å²) in [5.74, 6) is -1.00. The van der Waals surface area contributed by atoms with Gasteiger partial charge in [0.1, 0.15) is 6.04 Å². The van der Waals surface area contributed by atoms with E-state index in [1.807, 2.05) is 45.9 Å². The fourth-order valence-corrected chi connectivity index (χ4v) is 2.10. The molecule has 0 unspecified atom stereocenters. The number of hydrogen-bond acceptors (Lipinski definition) is 2. The van der Waals surface area contributed by atoms with Crippen LogP contribution in [0.25, 0.3) is 0 Å². The smallest absolute Gasteiger partial charge is 0.326 e. The molecule has 0 heterocycles. The molecule has 0 radical (unpaired) electrons. The summed E-state index contributed by atoms with van der Waals surface area (Å²) in [5.41, 5.74) is 3.08. The van der Waals surface area contributed by atoms with Gasteiger partial charge in [-0.25, -0.2) is 4.79 Å². The summed E-state index contributed by atoms with van der Waals surface area (Å²) >= 11 is 0. The number of carboxylic acids is 1. The highest BCUT2D eigenvalue weighted by Crippen LogP contribution is 2.12. The van der Waals surface area contributed by atoms with E-state index in [1.165, 1.54) is 0 Å². The zero-order valence-corrected chi connectivity index (χ0v) is 12.6. The van der Waals surface area contributed by atoms with Gasteiger partial charge in [0.05, 0.1) is 6.42 Å². The normalized spacial score (nSPS) is 12.2. The number of carbonyl (C=O) groups is 2. The van der Waals surface area contributed by atoms with Gasteiger partial charge in [-0.3, -0.25) is 4.79 Å². The Bertz CT molecular complexity index is 494.